The molecule has 0 aromatic heterocycles. The van der Waals surface area contributed by atoms with Crippen LogP contribution in [0.1, 0.15) is 111 Å². The zero-order valence-corrected chi connectivity index (χ0v) is 18.3. The molecule has 0 aliphatic heterocycles. The Morgan fingerprint density at radius 1 is 0.360 bits per heavy atom. The van der Waals surface area contributed by atoms with Crippen molar-refractivity contribution in [1.29, 1.82) is 0 Å². The Bertz CT molecular complexity index is 238. The third kappa shape index (κ3) is 17.1. The van der Waals surface area contributed by atoms with E-state index in [1.807, 2.05) is 0 Å². The number of unbranched alkanes of at least 4 members (excludes halogenated alkanes) is 11. The molecule has 0 aliphatic rings. The van der Waals surface area contributed by atoms with Crippen LogP contribution < -0.4 is 0 Å². The van der Waals surface area contributed by atoms with Crippen LogP contribution in [0.3, 0.4) is 0 Å². The maximum atomic E-state index is 2.65. The van der Waals surface area contributed by atoms with Crippen molar-refractivity contribution in [3.63, 3.8) is 0 Å². The largest absolute Gasteiger partial charge is 0.304 e. The smallest absolute Gasteiger partial charge is 0.000666 e. The molecule has 0 amide bonds. The quantitative estimate of drug-likeness (QED) is 0.223. The Morgan fingerprint density at radius 2 is 0.720 bits per heavy atom. The van der Waals surface area contributed by atoms with E-state index in [1.54, 1.807) is 0 Å². The standard InChI is InChI=1S/C23H50N2/c1-5-9-10-11-12-13-14-15-16-17-18-19-21-25(8-4)23-20-22-24(6-2)7-3/h5-23H2,1-4H3. The van der Waals surface area contributed by atoms with Gasteiger partial charge in [0.1, 0.15) is 0 Å². The Morgan fingerprint density at radius 3 is 1.16 bits per heavy atom. The molecule has 0 aliphatic carbocycles. The van der Waals surface area contributed by atoms with Crippen molar-refractivity contribution in [2.45, 2.75) is 111 Å². The van der Waals surface area contributed by atoms with Gasteiger partial charge < -0.3 is 9.80 Å². The molecule has 0 rings (SSSR count). The highest BCUT2D eigenvalue weighted by Crippen LogP contribution is 2.12. The van der Waals surface area contributed by atoms with Crippen molar-refractivity contribution < 1.29 is 0 Å². The van der Waals surface area contributed by atoms with E-state index in [-0.39, 0.29) is 0 Å². The second kappa shape index (κ2) is 20.2. The Hall–Kier alpha value is -0.0800. The third-order valence-electron chi connectivity index (χ3n) is 5.62. The molecule has 152 valence electrons. The zero-order valence-electron chi connectivity index (χ0n) is 18.3. The van der Waals surface area contributed by atoms with E-state index in [0.29, 0.717) is 0 Å². The predicted molar refractivity (Wildman–Crippen MR) is 116 cm³/mol. The van der Waals surface area contributed by atoms with Gasteiger partial charge in [-0.05, 0) is 52.1 Å². The van der Waals surface area contributed by atoms with Crippen molar-refractivity contribution in [2.75, 3.05) is 39.3 Å². The predicted octanol–water partition coefficient (Wildman–Crippen LogP) is 6.74. The van der Waals surface area contributed by atoms with Gasteiger partial charge in [0.25, 0.3) is 0 Å². The highest BCUT2D eigenvalue weighted by molar-refractivity contribution is 4.60. The van der Waals surface area contributed by atoms with E-state index in [1.165, 1.54) is 123 Å². The van der Waals surface area contributed by atoms with Crippen molar-refractivity contribution in [1.82, 2.24) is 9.80 Å². The first-order valence-electron chi connectivity index (χ1n) is 11.7. The maximum Gasteiger partial charge on any atom is -0.000666 e. The Kier molecular flexibility index (Phi) is 20.2. The fourth-order valence-corrected chi connectivity index (χ4v) is 3.66. The van der Waals surface area contributed by atoms with Crippen LogP contribution in [0.4, 0.5) is 0 Å². The van der Waals surface area contributed by atoms with Crippen LogP contribution in [0.15, 0.2) is 0 Å². The first-order chi connectivity index (χ1) is 12.3. The first kappa shape index (κ1) is 24.9. The fraction of sp³-hybridized carbons (Fsp3) is 1.00. The van der Waals surface area contributed by atoms with Crippen LogP contribution in [-0.4, -0.2) is 49.1 Å². The van der Waals surface area contributed by atoms with Gasteiger partial charge in [0.2, 0.25) is 0 Å². The molecule has 0 aromatic carbocycles. The molecule has 0 atom stereocenters. The average molecular weight is 355 g/mol. The lowest BCUT2D eigenvalue weighted by Gasteiger charge is -2.23. The highest BCUT2D eigenvalue weighted by atomic mass is 15.1. The summed E-state index contributed by atoms with van der Waals surface area (Å²) in [4.78, 5) is 5.19. The summed E-state index contributed by atoms with van der Waals surface area (Å²) in [6, 6.07) is 0. The summed E-state index contributed by atoms with van der Waals surface area (Å²) < 4.78 is 0. The summed E-state index contributed by atoms with van der Waals surface area (Å²) in [6.45, 7) is 16.6. The first-order valence-corrected chi connectivity index (χ1v) is 11.7. The summed E-state index contributed by atoms with van der Waals surface area (Å²) in [5.41, 5.74) is 0. The molecule has 0 radical (unpaired) electrons. The van der Waals surface area contributed by atoms with Crippen LogP contribution in [0.2, 0.25) is 0 Å². The molecule has 0 bridgehead atoms. The van der Waals surface area contributed by atoms with E-state index in [9.17, 15) is 0 Å². The van der Waals surface area contributed by atoms with Crippen molar-refractivity contribution >= 4 is 0 Å². The molecule has 0 N–H and O–H groups in total. The summed E-state index contributed by atoms with van der Waals surface area (Å²) in [6.07, 6.45) is 18.7. The lowest BCUT2D eigenvalue weighted by atomic mass is 10.1. The van der Waals surface area contributed by atoms with Crippen molar-refractivity contribution in [3.05, 3.63) is 0 Å². The van der Waals surface area contributed by atoms with Gasteiger partial charge in [-0.15, -0.1) is 0 Å². The van der Waals surface area contributed by atoms with Crippen LogP contribution >= 0.6 is 0 Å². The van der Waals surface area contributed by atoms with Crippen LogP contribution in [-0.2, 0) is 0 Å². The van der Waals surface area contributed by atoms with Gasteiger partial charge in [-0.2, -0.15) is 0 Å². The summed E-state index contributed by atoms with van der Waals surface area (Å²) >= 11 is 0. The van der Waals surface area contributed by atoms with Crippen LogP contribution in [0.25, 0.3) is 0 Å². The minimum atomic E-state index is 1.20. The number of nitrogens with zero attached hydrogens (tertiary/aromatic N) is 2. The molecule has 2 nitrogen and oxygen atoms in total. The lowest BCUT2D eigenvalue weighted by molar-refractivity contribution is 0.240. The highest BCUT2D eigenvalue weighted by Gasteiger charge is 2.04. The number of rotatable bonds is 20. The average Bonchev–Trinajstić information content (AvgIpc) is 2.64. The summed E-state index contributed by atoms with van der Waals surface area (Å²) in [5.74, 6) is 0. The monoisotopic (exact) mass is 354 g/mol. The van der Waals surface area contributed by atoms with Crippen LogP contribution in [0, 0.1) is 0 Å². The Labute approximate surface area is 160 Å². The molecule has 0 saturated heterocycles. The second-order valence-corrected chi connectivity index (χ2v) is 7.70. The van der Waals surface area contributed by atoms with E-state index in [2.05, 4.69) is 37.5 Å². The van der Waals surface area contributed by atoms with Gasteiger partial charge in [-0.25, -0.2) is 0 Å². The molecule has 0 fully saturated rings. The van der Waals surface area contributed by atoms with E-state index in [4.69, 9.17) is 0 Å². The van der Waals surface area contributed by atoms with Gasteiger partial charge in [0.05, 0.1) is 0 Å². The normalized spacial score (nSPS) is 11.8. The Balaban J connectivity index is 3.35. The van der Waals surface area contributed by atoms with Gasteiger partial charge in [0.15, 0.2) is 0 Å². The molecular weight excluding hydrogens is 304 g/mol. The van der Waals surface area contributed by atoms with Gasteiger partial charge in [-0.3, -0.25) is 0 Å². The fourth-order valence-electron chi connectivity index (χ4n) is 3.66. The van der Waals surface area contributed by atoms with Crippen molar-refractivity contribution in [3.8, 4) is 0 Å². The number of hydrogen-bond acceptors (Lipinski definition) is 2. The van der Waals surface area contributed by atoms with Crippen molar-refractivity contribution in [2.24, 2.45) is 0 Å². The molecular formula is C23H50N2. The van der Waals surface area contributed by atoms with Gasteiger partial charge >= 0.3 is 0 Å². The third-order valence-corrected chi connectivity index (χ3v) is 5.62. The topological polar surface area (TPSA) is 6.48 Å². The summed E-state index contributed by atoms with van der Waals surface area (Å²) in [7, 11) is 0. The molecule has 0 spiro atoms. The maximum absolute atomic E-state index is 2.65. The minimum absolute atomic E-state index is 1.20. The molecule has 2 heteroatoms. The van der Waals surface area contributed by atoms with Gasteiger partial charge in [0, 0.05) is 0 Å². The molecule has 25 heavy (non-hydrogen) atoms. The second-order valence-electron chi connectivity index (χ2n) is 7.70. The van der Waals surface area contributed by atoms with E-state index < -0.39 is 0 Å². The molecule has 0 aromatic rings. The minimum Gasteiger partial charge on any atom is -0.304 e. The molecule has 0 heterocycles. The zero-order chi connectivity index (χ0) is 18.6. The molecule has 0 saturated carbocycles. The number of hydrogen-bond donors (Lipinski definition) is 0. The van der Waals surface area contributed by atoms with Crippen LogP contribution in [0.5, 0.6) is 0 Å². The van der Waals surface area contributed by atoms with E-state index in [0.717, 1.165) is 0 Å². The van der Waals surface area contributed by atoms with E-state index >= 15 is 0 Å². The summed E-state index contributed by atoms with van der Waals surface area (Å²) in [5, 5.41) is 0. The SMILES string of the molecule is CCCCCCCCCCCCCCN(CC)CCCN(CC)CC. The molecule has 0 unspecified atom stereocenters. The van der Waals surface area contributed by atoms with Gasteiger partial charge in [-0.1, -0.05) is 98.3 Å². The lowest BCUT2D eigenvalue weighted by Crippen LogP contribution is -2.30.